The van der Waals surface area contributed by atoms with Gasteiger partial charge in [-0.1, -0.05) is 41.5 Å². The van der Waals surface area contributed by atoms with Crippen molar-refractivity contribution in [2.24, 2.45) is 10.8 Å². The molecule has 3 rings (SSSR count). The number of hydrogen-bond acceptors (Lipinski definition) is 3. The SMILES string of the molecule is CC(C)(C)C(=O)/C=C(\O)C(C)(C)C.Cc1[c-]c(-c2ccc3[se]ccc3n2)cc(C(C)(C)C)c1.[Ir]. The number of aliphatic hydroxyl groups is 1. The van der Waals surface area contributed by atoms with Crippen LogP contribution in [0.3, 0.4) is 0 Å². The monoisotopic (exact) mass is 705 g/mol. The van der Waals surface area contributed by atoms with Gasteiger partial charge in [0.05, 0.1) is 0 Å². The number of aliphatic hydroxyl groups excluding tert-OH is 1. The number of rotatable bonds is 2. The van der Waals surface area contributed by atoms with Crippen molar-refractivity contribution in [1.29, 1.82) is 0 Å². The number of carbonyl (C=O) groups excluding carboxylic acids is 1. The second-order valence-electron chi connectivity index (χ2n) is 11.6. The third kappa shape index (κ3) is 8.61. The van der Waals surface area contributed by atoms with Gasteiger partial charge in [0.15, 0.2) is 5.78 Å². The van der Waals surface area contributed by atoms with E-state index in [1.807, 2.05) is 41.5 Å². The second-order valence-corrected chi connectivity index (χ2v) is 13.6. The van der Waals surface area contributed by atoms with Gasteiger partial charge >= 0.3 is 126 Å². The second kappa shape index (κ2) is 11.5. The third-order valence-electron chi connectivity index (χ3n) is 5.23. The zero-order valence-electron chi connectivity index (χ0n) is 22.1. The van der Waals surface area contributed by atoms with Gasteiger partial charge in [-0.3, -0.25) is 4.79 Å². The van der Waals surface area contributed by atoms with Gasteiger partial charge in [0.1, 0.15) is 5.76 Å². The molecule has 0 aliphatic carbocycles. The topological polar surface area (TPSA) is 50.2 Å². The fraction of sp³-hybridized carbons (Fsp3) is 0.448. The predicted octanol–water partition coefficient (Wildman–Crippen LogP) is 7.45. The first-order chi connectivity index (χ1) is 15.0. The smallest absolute Gasteiger partial charge is 0 e. The van der Waals surface area contributed by atoms with E-state index < -0.39 is 5.41 Å². The quantitative estimate of drug-likeness (QED) is 0.131. The van der Waals surface area contributed by atoms with Gasteiger partial charge in [-0.05, 0) is 0 Å². The number of benzene rings is 1. The van der Waals surface area contributed by atoms with Crippen LogP contribution in [0.4, 0.5) is 0 Å². The number of pyridine rings is 1. The van der Waals surface area contributed by atoms with Gasteiger partial charge in [0.2, 0.25) is 0 Å². The molecule has 0 bridgehead atoms. The average Bonchev–Trinajstić information content (AvgIpc) is 3.13. The van der Waals surface area contributed by atoms with E-state index in [1.165, 1.54) is 21.5 Å². The maximum atomic E-state index is 11.5. The summed E-state index contributed by atoms with van der Waals surface area (Å²) in [7, 11) is 0. The Hall–Kier alpha value is -1.51. The first-order valence-electron chi connectivity index (χ1n) is 11.3. The Morgan fingerprint density at radius 2 is 1.59 bits per heavy atom. The molecule has 0 unspecified atom stereocenters. The van der Waals surface area contributed by atoms with Gasteiger partial charge in [-0.15, -0.1) is 0 Å². The van der Waals surface area contributed by atoms with Crippen LogP contribution in [-0.4, -0.2) is 30.4 Å². The van der Waals surface area contributed by atoms with Crippen molar-refractivity contribution in [3.05, 3.63) is 64.3 Å². The van der Waals surface area contributed by atoms with E-state index in [1.54, 1.807) is 0 Å². The Balaban J connectivity index is 0.000000364. The molecule has 2 heterocycles. The molecule has 1 radical (unpaired) electrons. The molecule has 2 aromatic heterocycles. The zero-order chi connectivity index (χ0) is 25.2. The van der Waals surface area contributed by atoms with Crippen molar-refractivity contribution in [2.45, 2.75) is 74.7 Å². The first-order valence-corrected chi connectivity index (χ1v) is 13.2. The largest absolute Gasteiger partial charge is 0 e. The van der Waals surface area contributed by atoms with Gasteiger partial charge in [0, 0.05) is 37.0 Å². The van der Waals surface area contributed by atoms with Crippen molar-refractivity contribution in [1.82, 2.24) is 4.98 Å². The molecule has 34 heavy (non-hydrogen) atoms. The van der Waals surface area contributed by atoms with Gasteiger partial charge < -0.3 is 5.11 Å². The first kappa shape index (κ1) is 30.5. The van der Waals surface area contributed by atoms with Crippen molar-refractivity contribution >= 4 is 30.1 Å². The molecule has 3 aromatic rings. The predicted molar refractivity (Wildman–Crippen MR) is 141 cm³/mol. The van der Waals surface area contributed by atoms with E-state index in [2.05, 4.69) is 69.0 Å². The van der Waals surface area contributed by atoms with Crippen LogP contribution < -0.4 is 0 Å². The minimum atomic E-state index is -0.417. The summed E-state index contributed by atoms with van der Waals surface area (Å²) < 4.78 is 1.38. The molecule has 187 valence electrons. The number of carbonyl (C=O) groups is 1. The third-order valence-corrected chi connectivity index (χ3v) is 7.06. The summed E-state index contributed by atoms with van der Waals surface area (Å²) in [6, 6.07) is 14.4. The fourth-order valence-electron chi connectivity index (χ4n) is 2.85. The number of aromatic nitrogens is 1. The minimum Gasteiger partial charge on any atom is 0 e. The standard InChI is InChI=1S/C18H18NSe.C11H20O2.Ir/c1-12-9-13(11-14(10-12)18(2,3)4)15-5-6-17-16(19-15)7-8-20-17;1-10(2,3)8(12)7-9(13)11(4,5)6;/h5-8,10-11H,1-4H3;7,12H,1-6H3;/q-1;;/b;8-7-;. The van der Waals surface area contributed by atoms with Crippen LogP contribution in [0.25, 0.3) is 21.0 Å². The molecule has 0 saturated heterocycles. The molecule has 0 saturated carbocycles. The molecule has 5 heteroatoms. The van der Waals surface area contributed by atoms with Crippen LogP contribution in [0.5, 0.6) is 0 Å². The number of fused-ring (bicyclic) bond motifs is 1. The molecule has 0 fully saturated rings. The summed E-state index contributed by atoms with van der Waals surface area (Å²) in [5.74, 6) is 0.104. The van der Waals surface area contributed by atoms with Gasteiger partial charge in [0.25, 0.3) is 0 Å². The van der Waals surface area contributed by atoms with Crippen LogP contribution in [0.15, 0.2) is 47.1 Å². The summed E-state index contributed by atoms with van der Waals surface area (Å²) in [4.78, 5) is 18.5. The molecule has 3 nitrogen and oxygen atoms in total. The molecule has 0 spiro atoms. The van der Waals surface area contributed by atoms with Crippen LogP contribution in [0.2, 0.25) is 0 Å². The maximum Gasteiger partial charge on any atom is 0 e. The van der Waals surface area contributed by atoms with Crippen LogP contribution >= 0.6 is 0 Å². The number of nitrogens with zero attached hydrogens (tertiary/aromatic N) is 1. The van der Waals surface area contributed by atoms with E-state index >= 15 is 0 Å². The van der Waals surface area contributed by atoms with Crippen molar-refractivity contribution in [2.75, 3.05) is 0 Å². The number of hydrogen-bond donors (Lipinski definition) is 1. The summed E-state index contributed by atoms with van der Waals surface area (Å²) >= 11 is 0.466. The molecule has 0 amide bonds. The van der Waals surface area contributed by atoms with Crippen molar-refractivity contribution in [3.63, 3.8) is 0 Å². The summed E-state index contributed by atoms with van der Waals surface area (Å²) in [6.45, 7) is 19.9. The zero-order valence-corrected chi connectivity index (χ0v) is 26.2. The molecule has 1 N–H and O–H groups in total. The van der Waals surface area contributed by atoms with Crippen LogP contribution in [0, 0.1) is 23.8 Å². The molecule has 1 aromatic carbocycles. The van der Waals surface area contributed by atoms with Crippen molar-refractivity contribution < 1.29 is 30.0 Å². The van der Waals surface area contributed by atoms with Crippen molar-refractivity contribution in [3.8, 4) is 11.3 Å². The van der Waals surface area contributed by atoms with E-state index in [9.17, 15) is 9.90 Å². The van der Waals surface area contributed by atoms with E-state index in [0.717, 1.165) is 16.8 Å². The van der Waals surface area contributed by atoms with E-state index in [-0.39, 0.29) is 42.5 Å². The minimum absolute atomic E-state index is 0. The summed E-state index contributed by atoms with van der Waals surface area (Å²) in [6.07, 6.45) is 1.33. The Morgan fingerprint density at radius 1 is 0.971 bits per heavy atom. The van der Waals surface area contributed by atoms with Crippen LogP contribution in [-0.2, 0) is 30.3 Å². The number of allylic oxidation sites excluding steroid dienone is 2. The Labute approximate surface area is 225 Å². The maximum absolute atomic E-state index is 11.5. The Kier molecular flexibility index (Phi) is 10.3. The summed E-state index contributed by atoms with van der Waals surface area (Å²) in [5, 5.41) is 9.56. The molecule has 0 atom stereocenters. The fourth-order valence-corrected chi connectivity index (χ4v) is 4.37. The van der Waals surface area contributed by atoms with Crippen LogP contribution in [0.1, 0.15) is 73.4 Å². The normalized spacial score (nSPS) is 12.6. The summed E-state index contributed by atoms with van der Waals surface area (Å²) in [5.41, 5.74) is 5.16. The Bertz CT molecular complexity index is 1160. The molecular formula is C29H38IrNO2Se-. The average molecular weight is 704 g/mol. The number of ketones is 1. The van der Waals surface area contributed by atoms with E-state index in [4.69, 9.17) is 4.98 Å². The molecule has 0 aliphatic rings. The van der Waals surface area contributed by atoms with Gasteiger partial charge in [-0.25, -0.2) is 0 Å². The number of aryl methyl sites for hydroxylation is 1. The van der Waals surface area contributed by atoms with E-state index in [0.29, 0.717) is 14.5 Å². The Morgan fingerprint density at radius 3 is 2.12 bits per heavy atom. The van der Waals surface area contributed by atoms with Gasteiger partial charge in [-0.2, -0.15) is 0 Å². The molecule has 0 aliphatic heterocycles. The molecular weight excluding hydrogens is 666 g/mol.